The van der Waals surface area contributed by atoms with Crippen LogP contribution in [0.25, 0.3) is 10.6 Å². The van der Waals surface area contributed by atoms with Gasteiger partial charge < -0.3 is 5.32 Å². The van der Waals surface area contributed by atoms with E-state index in [-0.39, 0.29) is 17.1 Å². The number of hydrogen-bond acceptors (Lipinski definition) is 5. The summed E-state index contributed by atoms with van der Waals surface area (Å²) in [6.45, 7) is 0. The summed E-state index contributed by atoms with van der Waals surface area (Å²) in [5.41, 5.74) is 1.07. The molecule has 0 unspecified atom stereocenters. The molecule has 0 spiro atoms. The first-order valence-corrected chi connectivity index (χ1v) is 11.9. The van der Waals surface area contributed by atoms with Crippen LogP contribution in [-0.2, 0) is 22.1 Å². The van der Waals surface area contributed by atoms with Crippen molar-refractivity contribution in [1.29, 1.82) is 0 Å². The van der Waals surface area contributed by atoms with Crippen LogP contribution in [-0.4, -0.2) is 41.5 Å². The van der Waals surface area contributed by atoms with Gasteiger partial charge in [-0.15, -0.1) is 11.3 Å². The summed E-state index contributed by atoms with van der Waals surface area (Å²) < 4.78 is 44.0. The highest BCUT2D eigenvalue weighted by molar-refractivity contribution is 7.87. The number of benzene rings is 1. The van der Waals surface area contributed by atoms with Crippen molar-refractivity contribution in [2.24, 2.45) is 7.05 Å². The lowest BCUT2D eigenvalue weighted by atomic mass is 10.1. The van der Waals surface area contributed by atoms with Gasteiger partial charge in [-0.1, -0.05) is 11.6 Å². The molecule has 1 fully saturated rings. The topological polar surface area (TPSA) is 96.3 Å². The van der Waals surface area contributed by atoms with Crippen LogP contribution in [0.5, 0.6) is 0 Å². The number of anilines is 1. The maximum atomic E-state index is 13.4. The summed E-state index contributed by atoms with van der Waals surface area (Å²) in [5, 5.41) is 6.85. The second kappa shape index (κ2) is 8.32. The van der Waals surface area contributed by atoms with Crippen LogP contribution in [0.2, 0.25) is 5.02 Å². The molecule has 164 valence electrons. The molecule has 2 N–H and O–H groups in total. The van der Waals surface area contributed by atoms with E-state index < -0.39 is 34.0 Å². The zero-order chi connectivity index (χ0) is 22.3. The van der Waals surface area contributed by atoms with Crippen molar-refractivity contribution in [3.8, 4) is 10.6 Å². The van der Waals surface area contributed by atoms with Crippen LogP contribution >= 0.6 is 22.9 Å². The minimum atomic E-state index is -3.89. The number of nitrogens with zero attached hydrogens (tertiary/aromatic N) is 3. The normalized spacial score (nSPS) is 21.2. The Labute approximate surface area is 187 Å². The molecule has 2 aromatic heterocycles. The number of carbonyl (C=O) groups is 1. The number of nitrogens with one attached hydrogen (secondary N) is 2. The fraction of sp³-hybridized carbons (Fsp3) is 0.263. The Morgan fingerprint density at radius 3 is 2.74 bits per heavy atom. The monoisotopic (exact) mass is 483 g/mol. The molecule has 2 atom stereocenters. The van der Waals surface area contributed by atoms with Crippen LogP contribution in [0.4, 0.5) is 10.1 Å². The third-order valence-corrected chi connectivity index (χ3v) is 8.10. The Morgan fingerprint density at radius 2 is 2.06 bits per heavy atom. The van der Waals surface area contributed by atoms with Gasteiger partial charge in [0.1, 0.15) is 17.6 Å². The number of likely N-dealkylation sites (N-methyl/N-ethyl adjacent to an activating group) is 1. The zero-order valence-corrected chi connectivity index (χ0v) is 18.9. The predicted molar refractivity (Wildman–Crippen MR) is 118 cm³/mol. The summed E-state index contributed by atoms with van der Waals surface area (Å²) >= 11 is 7.18. The first kappa shape index (κ1) is 21.9. The average Bonchev–Trinajstić information content (AvgIpc) is 3.35. The molecular formula is C19H19ClFN5O3S2. The number of hydrogen-bond donors (Lipinski definition) is 2. The first-order valence-electron chi connectivity index (χ1n) is 9.25. The van der Waals surface area contributed by atoms with E-state index in [1.807, 2.05) is 31.4 Å². The molecule has 4 rings (SSSR count). The standard InChI is InChI=1S/C19H19ClFN5O3S2/c1-25-8-7-14(23-25)17-5-6-18(30-17)15-10-16(26(2)31(28,29)24-15)19(27)22-11-3-4-13(21)12(20)9-11/h3-9,15-16,24H,10H2,1-2H3,(H,22,27)/t15-,16+/m0/s1. The van der Waals surface area contributed by atoms with Crippen LogP contribution in [0.15, 0.2) is 42.6 Å². The molecule has 1 amide bonds. The summed E-state index contributed by atoms with van der Waals surface area (Å²) in [5.74, 6) is -1.13. The molecule has 0 bridgehead atoms. The zero-order valence-electron chi connectivity index (χ0n) is 16.5. The van der Waals surface area contributed by atoms with Crippen molar-refractivity contribution in [2.45, 2.75) is 18.5 Å². The Bertz CT molecular complexity index is 1240. The summed E-state index contributed by atoms with van der Waals surface area (Å²) in [4.78, 5) is 14.6. The van der Waals surface area contributed by atoms with Gasteiger partial charge in [0.25, 0.3) is 10.2 Å². The molecule has 0 saturated carbocycles. The van der Waals surface area contributed by atoms with Crippen molar-refractivity contribution in [2.75, 3.05) is 12.4 Å². The van der Waals surface area contributed by atoms with Gasteiger partial charge in [0, 0.05) is 30.9 Å². The van der Waals surface area contributed by atoms with Gasteiger partial charge in [-0.25, -0.2) is 4.39 Å². The Hall–Kier alpha value is -2.31. The molecule has 8 nitrogen and oxygen atoms in total. The fourth-order valence-electron chi connectivity index (χ4n) is 3.32. The van der Waals surface area contributed by atoms with Crippen LogP contribution in [0.1, 0.15) is 17.3 Å². The highest BCUT2D eigenvalue weighted by Crippen LogP contribution is 2.35. The molecule has 0 radical (unpaired) electrons. The Balaban J connectivity index is 1.57. The number of thiophene rings is 1. The summed E-state index contributed by atoms with van der Waals surface area (Å²) in [7, 11) is -0.727. The lowest BCUT2D eigenvalue weighted by molar-refractivity contribution is -0.120. The number of aromatic nitrogens is 2. The van der Waals surface area contributed by atoms with Gasteiger partial charge in [0.15, 0.2) is 0 Å². The van der Waals surface area contributed by atoms with Gasteiger partial charge in [0.05, 0.1) is 15.9 Å². The summed E-state index contributed by atoms with van der Waals surface area (Å²) in [6.07, 6.45) is 2.05. The second-order valence-electron chi connectivity index (χ2n) is 7.14. The number of halogens is 2. The SMILES string of the molecule is CN1[C@@H](C(=O)Nc2ccc(F)c(Cl)c2)C[C@@H](c2ccc(-c3ccn(C)n3)s2)NS1(=O)=O. The van der Waals surface area contributed by atoms with E-state index in [0.717, 1.165) is 25.8 Å². The number of rotatable bonds is 4. The third kappa shape index (κ3) is 4.51. The van der Waals surface area contributed by atoms with Crippen LogP contribution < -0.4 is 10.0 Å². The molecule has 12 heteroatoms. The molecular weight excluding hydrogens is 465 g/mol. The van der Waals surface area contributed by atoms with Gasteiger partial charge in [-0.2, -0.15) is 22.5 Å². The Kier molecular flexibility index (Phi) is 5.88. The highest BCUT2D eigenvalue weighted by atomic mass is 35.5. The van der Waals surface area contributed by atoms with E-state index in [1.54, 1.807) is 4.68 Å². The van der Waals surface area contributed by atoms with Gasteiger partial charge in [0.2, 0.25) is 5.91 Å². The molecule has 3 heterocycles. The van der Waals surface area contributed by atoms with Gasteiger partial charge >= 0.3 is 0 Å². The molecule has 31 heavy (non-hydrogen) atoms. The molecule has 1 aromatic carbocycles. The minimum absolute atomic E-state index is 0.136. The smallest absolute Gasteiger partial charge is 0.280 e. The molecule has 1 aliphatic heterocycles. The van der Waals surface area contributed by atoms with Crippen molar-refractivity contribution in [1.82, 2.24) is 18.8 Å². The van der Waals surface area contributed by atoms with Crippen LogP contribution in [0.3, 0.4) is 0 Å². The number of amides is 1. The van der Waals surface area contributed by atoms with Gasteiger partial charge in [-0.3, -0.25) is 9.48 Å². The quantitative estimate of drug-likeness (QED) is 0.595. The maximum absolute atomic E-state index is 13.4. The van der Waals surface area contributed by atoms with E-state index in [4.69, 9.17) is 11.6 Å². The lowest BCUT2D eigenvalue weighted by Gasteiger charge is -2.35. The van der Waals surface area contributed by atoms with Crippen LogP contribution in [0, 0.1) is 5.82 Å². The Morgan fingerprint density at radius 1 is 1.29 bits per heavy atom. The first-order chi connectivity index (χ1) is 14.6. The second-order valence-corrected chi connectivity index (χ2v) is 10.4. The van der Waals surface area contributed by atoms with Gasteiger partial charge in [-0.05, 0) is 42.8 Å². The van der Waals surface area contributed by atoms with E-state index >= 15 is 0 Å². The third-order valence-electron chi connectivity index (χ3n) is 4.99. The van der Waals surface area contributed by atoms with Crippen molar-refractivity contribution >= 4 is 44.7 Å². The highest BCUT2D eigenvalue weighted by Gasteiger charge is 2.41. The number of carbonyl (C=O) groups excluding carboxylic acids is 1. The lowest BCUT2D eigenvalue weighted by Crippen LogP contribution is -2.55. The predicted octanol–water partition coefficient (Wildman–Crippen LogP) is 3.16. The molecule has 1 aliphatic rings. The van der Waals surface area contributed by atoms with E-state index in [0.29, 0.717) is 0 Å². The number of aryl methyl sites for hydroxylation is 1. The summed E-state index contributed by atoms with van der Waals surface area (Å²) in [6, 6.07) is 7.83. The molecule has 0 aliphatic carbocycles. The van der Waals surface area contributed by atoms with Crippen molar-refractivity contribution in [3.63, 3.8) is 0 Å². The fourth-order valence-corrected chi connectivity index (χ4v) is 5.88. The van der Waals surface area contributed by atoms with Crippen molar-refractivity contribution in [3.05, 3.63) is 58.3 Å². The largest absolute Gasteiger partial charge is 0.325 e. The van der Waals surface area contributed by atoms with Crippen molar-refractivity contribution < 1.29 is 17.6 Å². The minimum Gasteiger partial charge on any atom is -0.325 e. The van der Waals surface area contributed by atoms with E-state index in [1.165, 1.54) is 30.5 Å². The maximum Gasteiger partial charge on any atom is 0.280 e. The van der Waals surface area contributed by atoms with E-state index in [2.05, 4.69) is 15.1 Å². The molecule has 1 saturated heterocycles. The van der Waals surface area contributed by atoms with E-state index in [9.17, 15) is 17.6 Å². The average molecular weight is 484 g/mol. The molecule has 3 aromatic rings.